The van der Waals surface area contributed by atoms with Crippen LogP contribution < -0.4 is 10.6 Å². The van der Waals surface area contributed by atoms with Crippen molar-refractivity contribution in [3.63, 3.8) is 0 Å². The van der Waals surface area contributed by atoms with Crippen LogP contribution in [0.4, 0.5) is 11.5 Å². The first-order chi connectivity index (χ1) is 9.15. The molecule has 1 atom stereocenters. The molecular weight excluding hydrogens is 268 g/mol. The third kappa shape index (κ3) is 4.11. The van der Waals surface area contributed by atoms with E-state index in [1.807, 2.05) is 0 Å². The van der Waals surface area contributed by atoms with Crippen LogP contribution in [0.2, 0.25) is 0 Å². The molecule has 0 aliphatic carbocycles. The maximum Gasteiger partial charge on any atom is 0.287 e. The average Bonchev–Trinajstić information content (AvgIpc) is 2.90. The first-order valence-corrected chi connectivity index (χ1v) is 6.33. The highest BCUT2D eigenvalue weighted by atomic mass is 32.1. The lowest BCUT2D eigenvalue weighted by Crippen LogP contribution is -2.35. The molecule has 0 aromatic carbocycles. The van der Waals surface area contributed by atoms with Gasteiger partial charge < -0.3 is 15.4 Å². The van der Waals surface area contributed by atoms with Crippen molar-refractivity contribution in [2.45, 2.75) is 18.9 Å². The van der Waals surface area contributed by atoms with Gasteiger partial charge in [0.1, 0.15) is 12.0 Å². The van der Waals surface area contributed by atoms with Gasteiger partial charge in [0.2, 0.25) is 0 Å². The number of ether oxygens (including phenoxy) is 1. The molecule has 0 saturated carbocycles. The zero-order chi connectivity index (χ0) is 13.7. The number of aromatic nitrogens is 1. The summed E-state index contributed by atoms with van der Waals surface area (Å²) in [7, 11) is 0. The molecule has 2 rings (SSSR count). The van der Waals surface area contributed by atoms with Crippen molar-refractivity contribution in [1.29, 1.82) is 0 Å². The number of nitrogens with one attached hydrogen (secondary N) is 2. The third-order valence-electron chi connectivity index (χ3n) is 2.71. The summed E-state index contributed by atoms with van der Waals surface area (Å²) in [5.41, 5.74) is -0.0521. The standard InChI is InChI=1S/C11H14N4O3S/c16-15(17)8-3-4-10(12-6-8)14-11(19)13-7-9-2-1-5-18-9/h3-4,6,9H,1-2,5,7H2,(H2,12,13,14,19). The minimum Gasteiger partial charge on any atom is -0.376 e. The Hall–Kier alpha value is -1.80. The van der Waals surface area contributed by atoms with Gasteiger partial charge >= 0.3 is 0 Å². The van der Waals surface area contributed by atoms with E-state index in [1.165, 1.54) is 18.3 Å². The van der Waals surface area contributed by atoms with E-state index in [4.69, 9.17) is 17.0 Å². The Kier molecular flexibility index (Phi) is 4.58. The number of pyridine rings is 1. The number of nitro groups is 1. The average molecular weight is 282 g/mol. The quantitative estimate of drug-likeness (QED) is 0.491. The van der Waals surface area contributed by atoms with Crippen LogP contribution in [-0.4, -0.2) is 34.3 Å². The van der Waals surface area contributed by atoms with E-state index in [0.717, 1.165) is 19.4 Å². The summed E-state index contributed by atoms with van der Waals surface area (Å²) >= 11 is 5.10. The molecular formula is C11H14N4O3S. The molecule has 19 heavy (non-hydrogen) atoms. The minimum absolute atomic E-state index is 0.0521. The number of nitrogens with zero attached hydrogens (tertiary/aromatic N) is 2. The van der Waals surface area contributed by atoms with Gasteiger partial charge in [0.25, 0.3) is 5.69 Å². The highest BCUT2D eigenvalue weighted by Crippen LogP contribution is 2.12. The summed E-state index contributed by atoms with van der Waals surface area (Å²) in [5, 5.41) is 16.8. The topological polar surface area (TPSA) is 89.3 Å². The zero-order valence-corrected chi connectivity index (χ0v) is 11.0. The van der Waals surface area contributed by atoms with Gasteiger partial charge in [0.15, 0.2) is 5.11 Å². The van der Waals surface area contributed by atoms with E-state index < -0.39 is 4.92 Å². The molecule has 0 bridgehead atoms. The van der Waals surface area contributed by atoms with Gasteiger partial charge in [-0.25, -0.2) is 4.98 Å². The summed E-state index contributed by atoms with van der Waals surface area (Å²) < 4.78 is 5.46. The van der Waals surface area contributed by atoms with E-state index >= 15 is 0 Å². The van der Waals surface area contributed by atoms with Gasteiger partial charge in [-0.2, -0.15) is 0 Å². The Bertz CT molecular complexity index is 460. The highest BCUT2D eigenvalue weighted by Gasteiger charge is 2.15. The Morgan fingerprint density at radius 1 is 1.63 bits per heavy atom. The first kappa shape index (κ1) is 13.6. The molecule has 1 saturated heterocycles. The number of thiocarbonyl (C=S) groups is 1. The smallest absolute Gasteiger partial charge is 0.287 e. The van der Waals surface area contributed by atoms with Crippen molar-refractivity contribution in [3.05, 3.63) is 28.4 Å². The van der Waals surface area contributed by atoms with Crippen LogP contribution in [0.3, 0.4) is 0 Å². The van der Waals surface area contributed by atoms with Crippen LogP contribution >= 0.6 is 12.2 Å². The summed E-state index contributed by atoms with van der Waals surface area (Å²) in [6, 6.07) is 2.89. The van der Waals surface area contributed by atoms with E-state index in [1.54, 1.807) is 0 Å². The van der Waals surface area contributed by atoms with Crippen LogP contribution in [0.25, 0.3) is 0 Å². The fourth-order valence-electron chi connectivity index (χ4n) is 1.74. The number of rotatable bonds is 4. The third-order valence-corrected chi connectivity index (χ3v) is 2.96. The van der Waals surface area contributed by atoms with E-state index in [2.05, 4.69) is 15.6 Å². The summed E-state index contributed by atoms with van der Waals surface area (Å²) in [4.78, 5) is 13.9. The maximum absolute atomic E-state index is 10.5. The summed E-state index contributed by atoms with van der Waals surface area (Å²) in [6.07, 6.45) is 3.50. The molecule has 0 amide bonds. The van der Waals surface area contributed by atoms with E-state index in [0.29, 0.717) is 17.5 Å². The molecule has 1 aliphatic heterocycles. The Labute approximate surface area is 115 Å². The van der Waals surface area contributed by atoms with Gasteiger partial charge in [-0.1, -0.05) is 0 Å². The predicted octanol–water partition coefficient (Wildman–Crippen LogP) is 1.46. The fourth-order valence-corrected chi connectivity index (χ4v) is 1.93. The van der Waals surface area contributed by atoms with Crippen LogP contribution in [0.1, 0.15) is 12.8 Å². The molecule has 1 aromatic heterocycles. The first-order valence-electron chi connectivity index (χ1n) is 5.92. The van der Waals surface area contributed by atoms with Crippen molar-refractivity contribution in [2.75, 3.05) is 18.5 Å². The molecule has 2 N–H and O–H groups in total. The van der Waals surface area contributed by atoms with Crippen molar-refractivity contribution in [2.24, 2.45) is 0 Å². The maximum atomic E-state index is 10.5. The normalized spacial score (nSPS) is 18.0. The Morgan fingerprint density at radius 2 is 2.47 bits per heavy atom. The number of anilines is 1. The monoisotopic (exact) mass is 282 g/mol. The molecule has 2 heterocycles. The SMILES string of the molecule is O=[N+]([O-])c1ccc(NC(=S)NCC2CCCO2)nc1. The van der Waals surface area contributed by atoms with E-state index in [9.17, 15) is 10.1 Å². The van der Waals surface area contributed by atoms with Gasteiger partial charge in [-0.3, -0.25) is 10.1 Å². The number of hydrogen-bond donors (Lipinski definition) is 2. The fraction of sp³-hybridized carbons (Fsp3) is 0.455. The van der Waals surface area contributed by atoms with Crippen LogP contribution in [-0.2, 0) is 4.74 Å². The molecule has 8 heteroatoms. The molecule has 1 aromatic rings. The zero-order valence-electron chi connectivity index (χ0n) is 10.2. The lowest BCUT2D eigenvalue weighted by molar-refractivity contribution is -0.385. The van der Waals surface area contributed by atoms with Crippen molar-refractivity contribution >= 4 is 28.8 Å². The predicted molar refractivity (Wildman–Crippen MR) is 74.1 cm³/mol. The lowest BCUT2D eigenvalue weighted by Gasteiger charge is -2.13. The van der Waals surface area contributed by atoms with Crippen LogP contribution in [0.15, 0.2) is 18.3 Å². The molecule has 102 valence electrons. The van der Waals surface area contributed by atoms with Crippen LogP contribution in [0, 0.1) is 10.1 Å². The molecule has 7 nitrogen and oxygen atoms in total. The Balaban J connectivity index is 1.79. The van der Waals surface area contributed by atoms with Gasteiger partial charge in [0.05, 0.1) is 11.0 Å². The molecule has 1 fully saturated rings. The molecule has 0 radical (unpaired) electrons. The van der Waals surface area contributed by atoms with Gasteiger partial charge in [0, 0.05) is 19.2 Å². The second-order valence-corrected chi connectivity index (χ2v) is 4.54. The molecule has 1 aliphatic rings. The van der Waals surface area contributed by atoms with Crippen molar-refractivity contribution < 1.29 is 9.66 Å². The highest BCUT2D eigenvalue weighted by molar-refractivity contribution is 7.80. The molecule has 1 unspecified atom stereocenters. The lowest BCUT2D eigenvalue weighted by atomic mass is 10.2. The minimum atomic E-state index is -0.495. The van der Waals surface area contributed by atoms with Gasteiger partial charge in [-0.05, 0) is 31.1 Å². The molecule has 0 spiro atoms. The number of hydrogen-bond acceptors (Lipinski definition) is 5. The second kappa shape index (κ2) is 6.39. The second-order valence-electron chi connectivity index (χ2n) is 4.13. The summed E-state index contributed by atoms with van der Waals surface area (Å²) in [6.45, 7) is 1.45. The van der Waals surface area contributed by atoms with Crippen molar-refractivity contribution in [1.82, 2.24) is 10.3 Å². The van der Waals surface area contributed by atoms with Crippen LogP contribution in [0.5, 0.6) is 0 Å². The Morgan fingerprint density at radius 3 is 3.05 bits per heavy atom. The summed E-state index contributed by atoms with van der Waals surface area (Å²) in [5.74, 6) is 0.468. The van der Waals surface area contributed by atoms with Crippen molar-refractivity contribution in [3.8, 4) is 0 Å². The van der Waals surface area contributed by atoms with Gasteiger partial charge in [-0.15, -0.1) is 0 Å². The largest absolute Gasteiger partial charge is 0.376 e. The van der Waals surface area contributed by atoms with E-state index in [-0.39, 0.29) is 11.8 Å².